The van der Waals surface area contributed by atoms with Gasteiger partial charge in [0.15, 0.2) is 5.82 Å². The smallest absolute Gasteiger partial charge is 0.439 e. The van der Waals surface area contributed by atoms with E-state index < -0.39 is 5.76 Å². The molecule has 1 aliphatic rings. The molecule has 8 nitrogen and oxygen atoms in total. The number of aryl methyl sites for hydroxylation is 2. The Bertz CT molecular complexity index is 1790. The maximum atomic E-state index is 13.9. The summed E-state index contributed by atoms with van der Waals surface area (Å²) in [6.45, 7) is 3.99. The van der Waals surface area contributed by atoms with E-state index in [1.54, 1.807) is 4.57 Å². The molecule has 0 bridgehead atoms. The third-order valence-electron chi connectivity index (χ3n) is 7.63. The first-order valence-corrected chi connectivity index (χ1v) is 14.1. The molecule has 6 rings (SSSR count). The number of aromatic nitrogens is 4. The molecule has 3 aromatic carbocycles. The zero-order chi connectivity index (χ0) is 28.3. The molecule has 42 heavy (non-hydrogen) atoms. The van der Waals surface area contributed by atoms with Crippen LogP contribution in [0.4, 0.5) is 0 Å². The Balaban J connectivity index is 0.00000353. The summed E-state index contributed by atoms with van der Waals surface area (Å²) in [7, 11) is 0. The first kappa shape index (κ1) is 29.8. The third kappa shape index (κ3) is 6.21. The maximum absolute atomic E-state index is 13.9. The van der Waals surface area contributed by atoms with Crippen LogP contribution >= 0.6 is 0 Å². The molecule has 0 spiro atoms. The van der Waals surface area contributed by atoms with E-state index >= 15 is 0 Å². The van der Waals surface area contributed by atoms with Crippen molar-refractivity contribution < 1.29 is 9.26 Å². The van der Waals surface area contributed by atoms with Crippen LogP contribution in [0.3, 0.4) is 0 Å². The van der Waals surface area contributed by atoms with Gasteiger partial charge < -0.3 is 4.74 Å². The second-order valence-corrected chi connectivity index (χ2v) is 10.5. The van der Waals surface area contributed by atoms with Crippen LogP contribution in [0.2, 0.25) is 0 Å². The van der Waals surface area contributed by atoms with Gasteiger partial charge in [0.25, 0.3) is 5.56 Å². The molecule has 1 fully saturated rings. The maximum Gasteiger partial charge on any atom is 0.439 e. The monoisotopic (exact) mass is 571 g/mol. The van der Waals surface area contributed by atoms with Gasteiger partial charge in [-0.25, -0.2) is 9.78 Å². The van der Waals surface area contributed by atoms with Crippen LogP contribution in [-0.2, 0) is 12.8 Å². The number of nitrogens with zero attached hydrogens (tertiary/aromatic N) is 3. The molecule has 1 saturated carbocycles. The predicted octanol–water partition coefficient (Wildman–Crippen LogP) is 5.65. The van der Waals surface area contributed by atoms with Crippen LogP contribution in [-0.4, -0.2) is 55.4 Å². The van der Waals surface area contributed by atoms with E-state index in [0.717, 1.165) is 65.1 Å². The fourth-order valence-corrected chi connectivity index (χ4v) is 5.29. The molecule has 0 amide bonds. The molecule has 0 atom stereocenters. The minimum atomic E-state index is -0.594. The SMILES string of the molecule is CCCc1nc(C)n(-c2ccc(OC3CCC3)cc2)c(=O)c1Cc1ccc(-c2ccccc2-c2noc(=O)[nH]2)cc1.[Na]. The fourth-order valence-electron chi connectivity index (χ4n) is 5.29. The van der Waals surface area contributed by atoms with Gasteiger partial charge in [0, 0.05) is 47.1 Å². The van der Waals surface area contributed by atoms with Crippen LogP contribution in [0.25, 0.3) is 28.2 Å². The Morgan fingerprint density at radius 3 is 2.31 bits per heavy atom. The van der Waals surface area contributed by atoms with E-state index in [2.05, 4.69) is 17.1 Å². The minimum Gasteiger partial charge on any atom is -0.490 e. The molecule has 1 N–H and O–H groups in total. The van der Waals surface area contributed by atoms with Gasteiger partial charge in [-0.15, -0.1) is 0 Å². The van der Waals surface area contributed by atoms with Crippen molar-refractivity contribution in [3.05, 3.63) is 116 Å². The molecule has 0 aliphatic heterocycles. The molecule has 9 heteroatoms. The molecule has 1 radical (unpaired) electrons. The average Bonchev–Trinajstić information content (AvgIpc) is 3.40. The van der Waals surface area contributed by atoms with Gasteiger partial charge in [-0.1, -0.05) is 67.0 Å². The summed E-state index contributed by atoms with van der Waals surface area (Å²) in [6.07, 6.45) is 5.83. The van der Waals surface area contributed by atoms with E-state index in [1.165, 1.54) is 6.42 Å². The van der Waals surface area contributed by atoms with Gasteiger partial charge in [0.2, 0.25) is 0 Å². The molecule has 2 heterocycles. The number of hydrogen-bond donors (Lipinski definition) is 1. The Labute approximate surface area is 266 Å². The van der Waals surface area contributed by atoms with Crippen LogP contribution in [0.5, 0.6) is 5.75 Å². The van der Waals surface area contributed by atoms with E-state index in [1.807, 2.05) is 79.7 Å². The number of nitrogens with one attached hydrogen (secondary N) is 1. The van der Waals surface area contributed by atoms with Crippen molar-refractivity contribution in [2.75, 3.05) is 0 Å². The van der Waals surface area contributed by atoms with Crippen molar-refractivity contribution in [2.45, 2.75) is 58.5 Å². The number of rotatable bonds is 9. The quantitative estimate of drug-likeness (QED) is 0.230. The number of aromatic amines is 1. The van der Waals surface area contributed by atoms with Crippen LogP contribution < -0.4 is 16.1 Å². The number of hydrogen-bond acceptors (Lipinski definition) is 6. The topological polar surface area (TPSA) is 103 Å². The van der Waals surface area contributed by atoms with Crippen molar-refractivity contribution in [1.29, 1.82) is 0 Å². The Hall–Kier alpha value is -3.72. The second kappa shape index (κ2) is 13.1. The number of benzene rings is 3. The van der Waals surface area contributed by atoms with Crippen LogP contribution in [0, 0.1) is 6.92 Å². The molecule has 5 aromatic rings. The second-order valence-electron chi connectivity index (χ2n) is 10.5. The summed E-state index contributed by atoms with van der Waals surface area (Å²) < 4.78 is 12.4. The van der Waals surface area contributed by atoms with Gasteiger partial charge in [-0.3, -0.25) is 18.9 Å². The van der Waals surface area contributed by atoms with Crippen molar-refractivity contribution in [3.63, 3.8) is 0 Å². The Kier molecular flexibility index (Phi) is 9.26. The van der Waals surface area contributed by atoms with Gasteiger partial charge in [0.05, 0.1) is 17.5 Å². The summed E-state index contributed by atoms with van der Waals surface area (Å²) in [4.78, 5) is 33.0. The fraction of sp³-hybridized carbons (Fsp3) is 0.273. The minimum absolute atomic E-state index is 0. The summed E-state index contributed by atoms with van der Waals surface area (Å²) >= 11 is 0. The average molecular weight is 572 g/mol. The zero-order valence-corrected chi connectivity index (χ0v) is 26.2. The largest absolute Gasteiger partial charge is 0.490 e. The zero-order valence-electron chi connectivity index (χ0n) is 24.2. The first-order valence-electron chi connectivity index (χ1n) is 14.1. The van der Waals surface area contributed by atoms with Gasteiger partial charge >= 0.3 is 5.76 Å². The summed E-state index contributed by atoms with van der Waals surface area (Å²) in [5, 5.41) is 3.85. The molecule has 0 saturated heterocycles. The van der Waals surface area contributed by atoms with E-state index in [4.69, 9.17) is 14.2 Å². The normalized spacial score (nSPS) is 12.9. The van der Waals surface area contributed by atoms with Crippen LogP contribution in [0.15, 0.2) is 86.9 Å². The van der Waals surface area contributed by atoms with E-state index in [0.29, 0.717) is 29.7 Å². The van der Waals surface area contributed by atoms with Gasteiger partial charge in [0.1, 0.15) is 11.6 Å². The molecular weight excluding hydrogens is 539 g/mol. The van der Waals surface area contributed by atoms with Gasteiger partial charge in [-0.05, 0) is 73.6 Å². The number of H-pyrrole nitrogens is 1. The summed E-state index contributed by atoms with van der Waals surface area (Å²) in [6, 6.07) is 23.5. The molecule has 0 unspecified atom stereocenters. The summed E-state index contributed by atoms with van der Waals surface area (Å²) in [5.41, 5.74) is 5.95. The number of ether oxygens (including phenoxy) is 1. The molecular formula is C33H32N4NaO4. The Morgan fingerprint density at radius 1 is 0.976 bits per heavy atom. The van der Waals surface area contributed by atoms with E-state index in [9.17, 15) is 9.59 Å². The van der Waals surface area contributed by atoms with Gasteiger partial charge in [-0.2, -0.15) is 0 Å². The molecule has 209 valence electrons. The van der Waals surface area contributed by atoms with Crippen molar-refractivity contribution in [3.8, 4) is 34.0 Å². The van der Waals surface area contributed by atoms with Crippen molar-refractivity contribution >= 4 is 29.6 Å². The van der Waals surface area contributed by atoms with Crippen LogP contribution in [0.1, 0.15) is 55.3 Å². The van der Waals surface area contributed by atoms with E-state index in [-0.39, 0.29) is 35.1 Å². The third-order valence-corrected chi connectivity index (χ3v) is 7.63. The molecule has 1 aliphatic carbocycles. The Morgan fingerprint density at radius 2 is 1.69 bits per heavy atom. The van der Waals surface area contributed by atoms with Crippen molar-refractivity contribution in [2.24, 2.45) is 0 Å². The first-order chi connectivity index (χ1) is 20.0. The van der Waals surface area contributed by atoms with Crippen molar-refractivity contribution in [1.82, 2.24) is 19.7 Å². The molecule has 2 aromatic heterocycles. The summed E-state index contributed by atoms with van der Waals surface area (Å²) in [5.74, 6) is 1.29. The standard InChI is InChI=1S/C33H32N4O4.Na/c1-3-7-30-29(32(38)37(21(2)34-30)24-16-18-26(19-17-24)40-25-8-6-9-25)20-22-12-14-23(15-13-22)27-10-4-5-11-28(27)31-35-33(39)41-36-31;/h4-5,10-19,25H,3,6-9,20H2,1-2H3,(H,35,36,39);. The predicted molar refractivity (Wildman–Crippen MR) is 163 cm³/mol.